The van der Waals surface area contributed by atoms with E-state index >= 15 is 0 Å². The van der Waals surface area contributed by atoms with Gasteiger partial charge in [0.1, 0.15) is 11.8 Å². The number of carbonyl (C=O) groups excluding carboxylic acids is 1. The van der Waals surface area contributed by atoms with Gasteiger partial charge in [-0.2, -0.15) is 0 Å². The lowest BCUT2D eigenvalue weighted by Gasteiger charge is -2.32. The molecule has 0 N–H and O–H groups in total. The van der Waals surface area contributed by atoms with Crippen LogP contribution in [0.5, 0.6) is 0 Å². The number of ether oxygens (including phenoxy) is 1. The number of halogens is 1. The quantitative estimate of drug-likeness (QED) is 0.838. The maximum atomic E-state index is 12.6. The monoisotopic (exact) mass is 350 g/mol. The molecule has 1 aliphatic rings. The van der Waals surface area contributed by atoms with Crippen molar-refractivity contribution in [3.63, 3.8) is 0 Å². The molecule has 3 rings (SSSR count). The first-order chi connectivity index (χ1) is 11.2. The fourth-order valence-corrected chi connectivity index (χ4v) is 3.61. The highest BCUT2D eigenvalue weighted by Gasteiger charge is 2.27. The Balaban J connectivity index is 1.69. The second kappa shape index (κ2) is 7.43. The maximum Gasteiger partial charge on any atom is 0.273 e. The summed E-state index contributed by atoms with van der Waals surface area (Å²) in [4.78, 5) is 18.9. The molecule has 0 aliphatic carbocycles. The molecule has 0 saturated carbocycles. The first kappa shape index (κ1) is 16.4. The summed E-state index contributed by atoms with van der Waals surface area (Å²) < 4.78 is 5.81. The van der Waals surface area contributed by atoms with Crippen molar-refractivity contribution >= 4 is 28.8 Å². The lowest BCUT2D eigenvalue weighted by molar-refractivity contribution is -0.0229. The van der Waals surface area contributed by atoms with Crippen molar-refractivity contribution in [1.82, 2.24) is 9.88 Å². The summed E-state index contributed by atoms with van der Waals surface area (Å²) in [6.07, 6.45) is 1.85. The van der Waals surface area contributed by atoms with Gasteiger partial charge < -0.3 is 9.64 Å². The number of benzene rings is 1. The molecule has 1 saturated heterocycles. The lowest BCUT2D eigenvalue weighted by Crippen LogP contribution is -2.42. The largest absolute Gasteiger partial charge is 0.370 e. The Morgan fingerprint density at radius 2 is 2.22 bits per heavy atom. The van der Waals surface area contributed by atoms with E-state index in [0.717, 1.165) is 23.4 Å². The molecule has 0 radical (unpaired) electrons. The molecule has 1 atom stereocenters. The number of rotatable bonds is 4. The van der Waals surface area contributed by atoms with Crippen LogP contribution in [0.4, 0.5) is 0 Å². The molecule has 0 unspecified atom stereocenters. The highest BCUT2D eigenvalue weighted by molar-refractivity contribution is 7.09. The van der Waals surface area contributed by atoms with Crippen LogP contribution in [0, 0.1) is 0 Å². The molecular weight excluding hydrogens is 332 g/mol. The van der Waals surface area contributed by atoms with Gasteiger partial charge in [0.05, 0.1) is 18.2 Å². The number of aromatic nitrogens is 1. The van der Waals surface area contributed by atoms with Crippen LogP contribution in [0.1, 0.15) is 40.5 Å². The molecule has 1 aromatic heterocycles. The number of hydrogen-bond donors (Lipinski definition) is 0. The minimum atomic E-state index is -0.112. The summed E-state index contributed by atoms with van der Waals surface area (Å²) in [6, 6.07) is 7.59. The van der Waals surface area contributed by atoms with Gasteiger partial charge in [-0.3, -0.25) is 4.79 Å². The number of morpholine rings is 1. The molecule has 1 fully saturated rings. The van der Waals surface area contributed by atoms with Crippen LogP contribution >= 0.6 is 22.9 Å². The van der Waals surface area contributed by atoms with E-state index in [-0.39, 0.29) is 12.0 Å². The number of amides is 1. The molecule has 0 spiro atoms. The predicted molar refractivity (Wildman–Crippen MR) is 92.2 cm³/mol. The molecule has 23 heavy (non-hydrogen) atoms. The van der Waals surface area contributed by atoms with Crippen LogP contribution in [0.3, 0.4) is 0 Å². The van der Waals surface area contributed by atoms with E-state index < -0.39 is 0 Å². The molecule has 4 nitrogen and oxygen atoms in total. The average molecular weight is 351 g/mol. The van der Waals surface area contributed by atoms with Gasteiger partial charge >= 0.3 is 0 Å². The first-order valence-corrected chi connectivity index (χ1v) is 9.04. The van der Waals surface area contributed by atoms with Gasteiger partial charge in [0.2, 0.25) is 0 Å². The van der Waals surface area contributed by atoms with E-state index in [1.807, 2.05) is 34.5 Å². The zero-order chi connectivity index (χ0) is 16.2. The van der Waals surface area contributed by atoms with Gasteiger partial charge in [0, 0.05) is 16.9 Å². The van der Waals surface area contributed by atoms with Crippen LogP contribution in [-0.4, -0.2) is 35.5 Å². The SMILES string of the molecule is CCCc1nc(C(=O)N2CCO[C@H](c3ccc(Cl)cc3)C2)cs1. The van der Waals surface area contributed by atoms with Crippen molar-refractivity contribution < 1.29 is 9.53 Å². The van der Waals surface area contributed by atoms with E-state index in [2.05, 4.69) is 11.9 Å². The average Bonchev–Trinajstić information content (AvgIpc) is 3.04. The number of thiazole rings is 1. The van der Waals surface area contributed by atoms with E-state index in [1.54, 1.807) is 11.3 Å². The number of aryl methyl sites for hydroxylation is 1. The molecule has 1 aromatic carbocycles. The zero-order valence-electron chi connectivity index (χ0n) is 13.0. The van der Waals surface area contributed by atoms with E-state index in [9.17, 15) is 4.79 Å². The van der Waals surface area contributed by atoms with Gasteiger partial charge in [-0.05, 0) is 30.5 Å². The third-order valence-corrected chi connectivity index (χ3v) is 4.99. The fourth-order valence-electron chi connectivity index (χ4n) is 2.61. The van der Waals surface area contributed by atoms with Crippen molar-refractivity contribution in [2.24, 2.45) is 0 Å². The molecular formula is C17H19ClN2O2S. The summed E-state index contributed by atoms with van der Waals surface area (Å²) in [7, 11) is 0. The highest BCUT2D eigenvalue weighted by Crippen LogP contribution is 2.25. The normalized spacial score (nSPS) is 18.2. The van der Waals surface area contributed by atoms with Crippen molar-refractivity contribution in [3.05, 3.63) is 50.9 Å². The van der Waals surface area contributed by atoms with Crippen LogP contribution in [0.2, 0.25) is 5.02 Å². The van der Waals surface area contributed by atoms with Crippen LogP contribution in [0.15, 0.2) is 29.6 Å². The second-order valence-corrected chi connectivity index (χ2v) is 6.92. The van der Waals surface area contributed by atoms with Crippen molar-refractivity contribution in [2.45, 2.75) is 25.9 Å². The van der Waals surface area contributed by atoms with Gasteiger partial charge in [-0.15, -0.1) is 11.3 Å². The Labute approximate surface area is 145 Å². The van der Waals surface area contributed by atoms with Gasteiger partial charge in [-0.25, -0.2) is 4.98 Å². The third kappa shape index (κ3) is 3.91. The highest BCUT2D eigenvalue weighted by atomic mass is 35.5. The summed E-state index contributed by atoms with van der Waals surface area (Å²) in [5, 5.41) is 3.59. The summed E-state index contributed by atoms with van der Waals surface area (Å²) in [5.41, 5.74) is 1.59. The second-order valence-electron chi connectivity index (χ2n) is 5.54. The summed E-state index contributed by atoms with van der Waals surface area (Å²) >= 11 is 7.49. The van der Waals surface area contributed by atoms with E-state index in [0.29, 0.717) is 30.4 Å². The third-order valence-electron chi connectivity index (χ3n) is 3.83. The molecule has 2 heterocycles. The Morgan fingerprint density at radius 1 is 1.43 bits per heavy atom. The number of hydrogen-bond acceptors (Lipinski definition) is 4. The van der Waals surface area contributed by atoms with Gasteiger partial charge in [0.15, 0.2) is 0 Å². The maximum absolute atomic E-state index is 12.6. The van der Waals surface area contributed by atoms with E-state index in [1.165, 1.54) is 0 Å². The Bertz CT molecular complexity index is 671. The van der Waals surface area contributed by atoms with Gasteiger partial charge in [0.25, 0.3) is 5.91 Å². The summed E-state index contributed by atoms with van der Waals surface area (Å²) in [5.74, 6) is -0.00846. The molecule has 1 aliphatic heterocycles. The first-order valence-electron chi connectivity index (χ1n) is 7.78. The van der Waals surface area contributed by atoms with Crippen LogP contribution in [-0.2, 0) is 11.2 Å². The molecule has 122 valence electrons. The van der Waals surface area contributed by atoms with Crippen molar-refractivity contribution in [1.29, 1.82) is 0 Å². The minimum Gasteiger partial charge on any atom is -0.370 e. The standard InChI is InChI=1S/C17H19ClN2O2S/c1-2-3-16-19-14(11-23-16)17(21)20-8-9-22-15(10-20)12-4-6-13(18)7-5-12/h4-7,11,15H,2-3,8-10H2,1H3/t15-/m0/s1. The Kier molecular flexibility index (Phi) is 5.30. The number of nitrogens with zero attached hydrogens (tertiary/aromatic N) is 2. The smallest absolute Gasteiger partial charge is 0.273 e. The van der Waals surface area contributed by atoms with Gasteiger partial charge in [-0.1, -0.05) is 30.7 Å². The fraction of sp³-hybridized carbons (Fsp3) is 0.412. The molecule has 6 heteroatoms. The van der Waals surface area contributed by atoms with Crippen LogP contribution < -0.4 is 0 Å². The number of carbonyl (C=O) groups is 1. The molecule has 0 bridgehead atoms. The van der Waals surface area contributed by atoms with Crippen LogP contribution in [0.25, 0.3) is 0 Å². The lowest BCUT2D eigenvalue weighted by atomic mass is 10.1. The molecule has 1 amide bonds. The van der Waals surface area contributed by atoms with Crippen molar-refractivity contribution in [3.8, 4) is 0 Å². The topological polar surface area (TPSA) is 42.4 Å². The van der Waals surface area contributed by atoms with Crippen molar-refractivity contribution in [2.75, 3.05) is 19.7 Å². The Hall–Kier alpha value is -1.43. The summed E-state index contributed by atoms with van der Waals surface area (Å²) in [6.45, 7) is 3.79. The predicted octanol–water partition coefficient (Wildman–Crippen LogP) is 3.96. The minimum absolute atomic E-state index is 0.00846. The molecule has 2 aromatic rings. The Morgan fingerprint density at radius 3 is 2.96 bits per heavy atom. The zero-order valence-corrected chi connectivity index (χ0v) is 14.6. The van der Waals surface area contributed by atoms with E-state index in [4.69, 9.17) is 16.3 Å².